The number of rotatable bonds is 7. The number of imide groups is 1. The zero-order valence-electron chi connectivity index (χ0n) is 18.5. The molecule has 1 N–H and O–H groups in total. The van der Waals surface area contributed by atoms with Gasteiger partial charge in [-0.1, -0.05) is 23.5 Å². The van der Waals surface area contributed by atoms with Crippen LogP contribution < -0.4 is 10.1 Å². The Morgan fingerprint density at radius 3 is 2.68 bits per heavy atom. The van der Waals surface area contributed by atoms with Gasteiger partial charge in [0.05, 0.1) is 41.3 Å². The van der Waals surface area contributed by atoms with Crippen LogP contribution in [-0.4, -0.2) is 34.2 Å². The van der Waals surface area contributed by atoms with Crippen molar-refractivity contribution in [3.05, 3.63) is 54.5 Å². The lowest BCUT2D eigenvalue weighted by molar-refractivity contribution is -0.144. The molecule has 1 aromatic carbocycles. The van der Waals surface area contributed by atoms with Gasteiger partial charge in [0.2, 0.25) is 17.7 Å². The maximum atomic E-state index is 13.3. The Morgan fingerprint density at radius 1 is 1.24 bits per heavy atom. The molecule has 34 heavy (non-hydrogen) atoms. The number of ether oxygens (including phenoxy) is 1. The number of anilines is 1. The zero-order chi connectivity index (χ0) is 23.4. The normalized spacial score (nSPS) is 25.9. The molecule has 6 rings (SSSR count). The van der Waals surface area contributed by atoms with E-state index >= 15 is 0 Å². The summed E-state index contributed by atoms with van der Waals surface area (Å²) in [7, 11) is 0. The van der Waals surface area contributed by atoms with Crippen LogP contribution in [-0.2, 0) is 14.4 Å². The van der Waals surface area contributed by atoms with Crippen LogP contribution >= 0.6 is 11.3 Å². The van der Waals surface area contributed by atoms with Gasteiger partial charge >= 0.3 is 0 Å². The lowest BCUT2D eigenvalue weighted by Gasteiger charge is -2.25. The van der Waals surface area contributed by atoms with E-state index in [1.807, 2.05) is 25.1 Å². The van der Waals surface area contributed by atoms with Crippen LogP contribution in [0, 0.1) is 23.7 Å². The monoisotopic (exact) mass is 477 g/mol. The van der Waals surface area contributed by atoms with Gasteiger partial charge in [-0.15, -0.1) is 0 Å². The Bertz CT molecular complexity index is 1280. The van der Waals surface area contributed by atoms with E-state index in [1.165, 1.54) is 22.5 Å². The standard InChI is InChI=1S/C25H23N3O5S/c1-2-32-15-7-8-16-19(11-15)34-25(26-16)27-20(29)12-17(18-4-3-9-33-18)28-23(30)21-13-5-6-14(10-13)22(21)24(28)31/h3-9,11,13-14,17,21-22H,2,10,12H2,1H3,(H,26,27,29). The molecule has 3 aliphatic rings. The van der Waals surface area contributed by atoms with Gasteiger partial charge in [0.1, 0.15) is 17.6 Å². The molecule has 2 fully saturated rings. The molecular formula is C25H23N3O5S. The van der Waals surface area contributed by atoms with Crippen LogP contribution in [0.3, 0.4) is 0 Å². The molecule has 1 saturated heterocycles. The average Bonchev–Trinajstić information content (AvgIpc) is 3.63. The highest BCUT2D eigenvalue weighted by Crippen LogP contribution is 2.54. The van der Waals surface area contributed by atoms with Crippen molar-refractivity contribution in [1.29, 1.82) is 0 Å². The van der Waals surface area contributed by atoms with E-state index < -0.39 is 6.04 Å². The number of carbonyl (C=O) groups is 3. The van der Waals surface area contributed by atoms with E-state index in [4.69, 9.17) is 9.15 Å². The largest absolute Gasteiger partial charge is 0.494 e. The highest BCUT2D eigenvalue weighted by molar-refractivity contribution is 7.22. The van der Waals surface area contributed by atoms with Gasteiger partial charge in [-0.3, -0.25) is 19.3 Å². The average molecular weight is 478 g/mol. The highest BCUT2D eigenvalue weighted by Gasteiger charge is 2.60. The van der Waals surface area contributed by atoms with Crippen molar-refractivity contribution in [3.8, 4) is 5.75 Å². The van der Waals surface area contributed by atoms with Crippen molar-refractivity contribution in [2.45, 2.75) is 25.8 Å². The van der Waals surface area contributed by atoms with Gasteiger partial charge in [0.15, 0.2) is 5.13 Å². The van der Waals surface area contributed by atoms with E-state index in [1.54, 1.807) is 12.1 Å². The second kappa shape index (κ2) is 8.09. The van der Waals surface area contributed by atoms with E-state index in [9.17, 15) is 14.4 Å². The predicted octanol–water partition coefficient (Wildman–Crippen LogP) is 4.17. The van der Waals surface area contributed by atoms with Gasteiger partial charge in [0, 0.05) is 0 Å². The quantitative estimate of drug-likeness (QED) is 0.405. The first-order chi connectivity index (χ1) is 16.5. The number of nitrogens with zero attached hydrogens (tertiary/aromatic N) is 2. The Hall–Kier alpha value is -3.46. The van der Waals surface area contributed by atoms with Crippen LogP contribution in [0.25, 0.3) is 10.2 Å². The molecule has 2 aromatic heterocycles. The SMILES string of the molecule is CCOc1ccc2nc(NC(=O)CC(c3ccco3)N3C(=O)C4C5C=CC(C5)C4C3=O)sc2c1. The number of thiazole rings is 1. The maximum absolute atomic E-state index is 13.3. The minimum absolute atomic E-state index is 0.104. The molecule has 174 valence electrons. The third-order valence-electron chi connectivity index (χ3n) is 6.98. The van der Waals surface area contributed by atoms with Crippen LogP contribution in [0.1, 0.15) is 31.6 Å². The first-order valence-electron chi connectivity index (χ1n) is 11.5. The minimum Gasteiger partial charge on any atom is -0.494 e. The molecule has 5 unspecified atom stereocenters. The van der Waals surface area contributed by atoms with Crippen molar-refractivity contribution in [3.63, 3.8) is 0 Å². The third kappa shape index (κ3) is 3.34. The van der Waals surface area contributed by atoms with Crippen LogP contribution in [0.2, 0.25) is 0 Å². The van der Waals surface area contributed by atoms with Crippen molar-refractivity contribution in [2.24, 2.45) is 23.7 Å². The van der Waals surface area contributed by atoms with Crippen LogP contribution in [0.5, 0.6) is 5.75 Å². The molecule has 3 amide bonds. The minimum atomic E-state index is -0.793. The number of hydrogen-bond donors (Lipinski definition) is 1. The molecule has 3 aromatic rings. The summed E-state index contributed by atoms with van der Waals surface area (Å²) in [6.07, 6.45) is 6.35. The van der Waals surface area contributed by atoms with E-state index in [-0.39, 0.29) is 47.8 Å². The third-order valence-corrected chi connectivity index (χ3v) is 7.92. The topological polar surface area (TPSA) is 102 Å². The molecule has 2 aliphatic carbocycles. The Kier molecular flexibility index (Phi) is 5.02. The molecule has 0 radical (unpaired) electrons. The highest BCUT2D eigenvalue weighted by atomic mass is 32.1. The summed E-state index contributed by atoms with van der Waals surface area (Å²) in [5.74, 6) is -0.0344. The van der Waals surface area contributed by atoms with Gasteiger partial charge in [-0.2, -0.15) is 0 Å². The number of furan rings is 1. The summed E-state index contributed by atoms with van der Waals surface area (Å²) in [6, 6.07) is 8.18. The summed E-state index contributed by atoms with van der Waals surface area (Å²) in [6.45, 7) is 2.48. The fraction of sp³-hybridized carbons (Fsp3) is 0.360. The van der Waals surface area contributed by atoms with E-state index in [0.29, 0.717) is 17.5 Å². The van der Waals surface area contributed by atoms with Gasteiger partial charge in [-0.25, -0.2) is 4.98 Å². The number of fused-ring (bicyclic) bond motifs is 6. The van der Waals surface area contributed by atoms with Crippen molar-refractivity contribution < 1.29 is 23.5 Å². The van der Waals surface area contributed by atoms with Gasteiger partial charge in [-0.05, 0) is 55.5 Å². The predicted molar refractivity (Wildman–Crippen MR) is 125 cm³/mol. The lowest BCUT2D eigenvalue weighted by Crippen LogP contribution is -2.38. The van der Waals surface area contributed by atoms with Crippen molar-refractivity contribution in [2.75, 3.05) is 11.9 Å². The molecular weight excluding hydrogens is 454 g/mol. The van der Waals surface area contributed by atoms with E-state index in [2.05, 4.69) is 22.5 Å². The molecule has 1 saturated carbocycles. The van der Waals surface area contributed by atoms with Crippen molar-refractivity contribution in [1.82, 2.24) is 9.88 Å². The van der Waals surface area contributed by atoms with Crippen molar-refractivity contribution >= 4 is 44.4 Å². The van der Waals surface area contributed by atoms with Gasteiger partial charge < -0.3 is 14.5 Å². The van der Waals surface area contributed by atoms with Crippen LogP contribution in [0.15, 0.2) is 53.2 Å². The fourth-order valence-corrected chi connectivity index (χ4v) is 6.50. The van der Waals surface area contributed by atoms with Gasteiger partial charge in [0.25, 0.3) is 0 Å². The molecule has 0 spiro atoms. The van der Waals surface area contributed by atoms with E-state index in [0.717, 1.165) is 22.4 Å². The number of nitrogens with one attached hydrogen (secondary N) is 1. The first-order valence-corrected chi connectivity index (χ1v) is 12.3. The second-order valence-corrected chi connectivity index (χ2v) is 9.94. The molecule has 8 nitrogen and oxygen atoms in total. The fourth-order valence-electron chi connectivity index (χ4n) is 5.59. The lowest BCUT2D eigenvalue weighted by atomic mass is 9.85. The molecule has 9 heteroatoms. The number of hydrogen-bond acceptors (Lipinski definition) is 7. The Balaban J connectivity index is 1.23. The summed E-state index contributed by atoms with van der Waals surface area (Å²) in [4.78, 5) is 45.5. The number of aromatic nitrogens is 1. The zero-order valence-corrected chi connectivity index (χ0v) is 19.3. The summed E-state index contributed by atoms with van der Waals surface area (Å²) in [5.41, 5.74) is 0.757. The first kappa shape index (κ1) is 21.1. The maximum Gasteiger partial charge on any atom is 0.234 e. The Morgan fingerprint density at radius 2 is 2.00 bits per heavy atom. The molecule has 3 heterocycles. The number of allylic oxidation sites excluding steroid dienone is 2. The summed E-state index contributed by atoms with van der Waals surface area (Å²) >= 11 is 1.34. The number of benzene rings is 1. The summed E-state index contributed by atoms with van der Waals surface area (Å²) in [5, 5.41) is 3.28. The van der Waals surface area contributed by atoms with Crippen LogP contribution in [0.4, 0.5) is 5.13 Å². The molecule has 1 aliphatic heterocycles. The number of likely N-dealkylation sites (tertiary alicyclic amines) is 1. The summed E-state index contributed by atoms with van der Waals surface area (Å²) < 4.78 is 12.0. The number of amides is 3. The molecule has 5 atom stereocenters. The Labute approximate surface area is 199 Å². The number of carbonyl (C=O) groups excluding carboxylic acids is 3. The second-order valence-electron chi connectivity index (χ2n) is 8.91. The molecule has 2 bridgehead atoms. The smallest absolute Gasteiger partial charge is 0.234 e.